The highest BCUT2D eigenvalue weighted by Crippen LogP contribution is 2.33. The highest BCUT2D eigenvalue weighted by Gasteiger charge is 2.48. The smallest absolute Gasteiger partial charge is 0.230 e. The van der Waals surface area contributed by atoms with E-state index in [0.29, 0.717) is 29.0 Å². The second kappa shape index (κ2) is 4.25. The van der Waals surface area contributed by atoms with Gasteiger partial charge < -0.3 is 10.3 Å². The van der Waals surface area contributed by atoms with Gasteiger partial charge >= 0.3 is 0 Å². The van der Waals surface area contributed by atoms with Crippen LogP contribution in [-0.2, 0) is 4.79 Å². The Morgan fingerprint density at radius 2 is 1.85 bits per heavy atom. The van der Waals surface area contributed by atoms with Crippen LogP contribution in [-0.4, -0.2) is 44.2 Å². The summed E-state index contributed by atoms with van der Waals surface area (Å²) in [6, 6.07) is 0. The summed E-state index contributed by atoms with van der Waals surface area (Å²) < 4.78 is 0.761. The van der Waals surface area contributed by atoms with E-state index in [1.54, 1.807) is 27.7 Å². The first-order valence-electron chi connectivity index (χ1n) is 6.82. The van der Waals surface area contributed by atoms with E-state index in [9.17, 15) is 15.1 Å². The van der Waals surface area contributed by atoms with Crippen molar-refractivity contribution < 1.29 is 14.6 Å². The fourth-order valence-electron chi connectivity index (χ4n) is 3.06. The monoisotopic (exact) mass is 278 g/mol. The zero-order valence-electron chi connectivity index (χ0n) is 12.9. The van der Waals surface area contributed by atoms with Gasteiger partial charge in [0.25, 0.3) is 0 Å². The molecular weight excluding hydrogens is 256 g/mol. The highest BCUT2D eigenvalue weighted by molar-refractivity contribution is 6.16. The predicted octanol–water partition coefficient (Wildman–Crippen LogP) is 1.62. The third-order valence-corrected chi connectivity index (χ3v) is 4.11. The number of hydrogen-bond donors (Lipinski definition) is 1. The van der Waals surface area contributed by atoms with E-state index in [-0.39, 0.29) is 5.78 Å². The lowest BCUT2D eigenvalue weighted by Crippen LogP contribution is -2.51. The van der Waals surface area contributed by atoms with Crippen LogP contribution in [0.1, 0.15) is 48.0 Å². The molecule has 2 aliphatic rings. The molecule has 0 aromatic rings. The Labute approximate surface area is 119 Å². The zero-order valence-corrected chi connectivity index (χ0v) is 12.9. The van der Waals surface area contributed by atoms with Crippen LogP contribution >= 0.6 is 0 Å². The maximum Gasteiger partial charge on any atom is 0.230 e. The molecule has 1 atom stereocenters. The van der Waals surface area contributed by atoms with Crippen molar-refractivity contribution in [1.82, 2.24) is 0 Å². The number of nitrogens with zero attached hydrogens (tertiary/aromatic N) is 2. The first-order chi connectivity index (χ1) is 8.99. The van der Waals surface area contributed by atoms with Gasteiger partial charge in [-0.3, -0.25) is 9.79 Å². The number of rotatable bonds is 0. The molecule has 0 fully saturated rings. The lowest BCUT2D eigenvalue weighted by molar-refractivity contribution is -0.524. The van der Waals surface area contributed by atoms with Crippen LogP contribution in [0.15, 0.2) is 16.1 Å². The van der Waals surface area contributed by atoms with Crippen molar-refractivity contribution in [2.24, 2.45) is 4.99 Å². The lowest BCUT2D eigenvalue weighted by atomic mass is 9.81. The van der Waals surface area contributed by atoms with Gasteiger partial charge in [-0.25, -0.2) is 0 Å². The minimum Gasteiger partial charge on any atom is -0.623 e. The Kier molecular flexibility index (Phi) is 3.17. The SMILES string of the molecule is CC1=NC(C)(C)CC2=[N+]([O-])C(C)(C)C(=O)C(C)=C2C1O. The summed E-state index contributed by atoms with van der Waals surface area (Å²) in [4.78, 5) is 16.9. The van der Waals surface area contributed by atoms with Crippen molar-refractivity contribution in [2.75, 3.05) is 0 Å². The normalized spacial score (nSPS) is 29.1. The van der Waals surface area contributed by atoms with Gasteiger partial charge in [0.1, 0.15) is 6.10 Å². The molecule has 1 N–H and O–H groups in total. The molecule has 0 radical (unpaired) electrons. The predicted molar refractivity (Wildman–Crippen MR) is 78.2 cm³/mol. The summed E-state index contributed by atoms with van der Waals surface area (Å²) in [7, 11) is 0. The molecule has 0 aliphatic carbocycles. The van der Waals surface area contributed by atoms with Gasteiger partial charge in [0.2, 0.25) is 11.3 Å². The highest BCUT2D eigenvalue weighted by atomic mass is 16.5. The Bertz CT molecular complexity index is 580. The average molecular weight is 278 g/mol. The van der Waals surface area contributed by atoms with Crippen LogP contribution in [0.2, 0.25) is 0 Å². The molecule has 2 rings (SSSR count). The molecule has 0 spiro atoms. The molecule has 2 heterocycles. The van der Waals surface area contributed by atoms with Gasteiger partial charge in [-0.2, -0.15) is 4.74 Å². The summed E-state index contributed by atoms with van der Waals surface area (Å²) in [5, 5.41) is 23.0. The van der Waals surface area contributed by atoms with Crippen LogP contribution in [0, 0.1) is 5.21 Å². The molecule has 1 unspecified atom stereocenters. The summed E-state index contributed by atoms with van der Waals surface area (Å²) in [5.74, 6) is -0.238. The molecule has 5 nitrogen and oxygen atoms in total. The van der Waals surface area contributed by atoms with Crippen LogP contribution in [0.4, 0.5) is 0 Å². The molecule has 2 aliphatic heterocycles. The molecule has 0 aromatic heterocycles. The number of carbonyl (C=O) groups excluding carboxylic acids is 1. The van der Waals surface area contributed by atoms with E-state index in [1.165, 1.54) is 0 Å². The van der Waals surface area contributed by atoms with Gasteiger partial charge in [0.15, 0.2) is 5.71 Å². The van der Waals surface area contributed by atoms with Crippen molar-refractivity contribution in [3.05, 3.63) is 16.4 Å². The number of hydrogen-bond acceptors (Lipinski definition) is 4. The van der Waals surface area contributed by atoms with E-state index < -0.39 is 17.2 Å². The Hall–Kier alpha value is -1.49. The molecule has 0 amide bonds. The number of ketones is 1. The fraction of sp³-hybridized carbons (Fsp3) is 0.667. The molecule has 0 saturated heterocycles. The quantitative estimate of drug-likeness (QED) is 0.540. The number of aliphatic hydroxyl groups excluding tert-OH is 1. The Morgan fingerprint density at radius 1 is 1.30 bits per heavy atom. The average Bonchev–Trinajstić information content (AvgIpc) is 2.41. The molecule has 20 heavy (non-hydrogen) atoms. The van der Waals surface area contributed by atoms with Crippen molar-refractivity contribution >= 4 is 17.2 Å². The first kappa shape index (κ1) is 14.9. The maximum absolute atomic E-state index is 12.6. The molecule has 5 heteroatoms. The van der Waals surface area contributed by atoms with Gasteiger partial charge in [0.05, 0.1) is 17.5 Å². The number of fused-ring (bicyclic) bond motifs is 1. The van der Waals surface area contributed by atoms with Crippen LogP contribution in [0.3, 0.4) is 0 Å². The second-order valence-electron chi connectivity index (χ2n) is 6.81. The van der Waals surface area contributed by atoms with E-state index in [4.69, 9.17) is 0 Å². The molecular formula is C15H22N2O3. The second-order valence-corrected chi connectivity index (χ2v) is 6.81. The third-order valence-electron chi connectivity index (χ3n) is 4.11. The summed E-state index contributed by atoms with van der Waals surface area (Å²) in [6.07, 6.45) is -0.572. The number of aliphatic hydroxyl groups is 1. The molecule has 110 valence electrons. The van der Waals surface area contributed by atoms with E-state index in [2.05, 4.69) is 4.99 Å². The van der Waals surface area contributed by atoms with E-state index >= 15 is 0 Å². The van der Waals surface area contributed by atoms with Crippen molar-refractivity contribution in [3.63, 3.8) is 0 Å². The fourth-order valence-corrected chi connectivity index (χ4v) is 3.06. The Balaban J connectivity index is 2.76. The van der Waals surface area contributed by atoms with Crippen molar-refractivity contribution in [2.45, 2.75) is 65.1 Å². The van der Waals surface area contributed by atoms with Crippen molar-refractivity contribution in [3.8, 4) is 0 Å². The minimum atomic E-state index is -1.13. The Morgan fingerprint density at radius 3 is 2.40 bits per heavy atom. The van der Waals surface area contributed by atoms with Crippen molar-refractivity contribution in [1.29, 1.82) is 0 Å². The number of Topliss-reactive ketones (excluding diaryl/α,β-unsaturated/α-hetero) is 1. The van der Waals surface area contributed by atoms with Crippen LogP contribution < -0.4 is 0 Å². The van der Waals surface area contributed by atoms with Crippen LogP contribution in [0.25, 0.3) is 0 Å². The number of aliphatic imine (C=N–C) groups is 1. The van der Waals surface area contributed by atoms with Gasteiger partial charge in [0, 0.05) is 25.1 Å². The van der Waals surface area contributed by atoms with E-state index in [1.807, 2.05) is 13.8 Å². The standard InChI is InChI=1S/C15H22N2O3/c1-8-11-10(17(20)15(5,6)13(8)19)7-14(3,4)16-9(2)12(11)18/h12,18H,7H2,1-6H3. The van der Waals surface area contributed by atoms with Crippen LogP contribution in [0.5, 0.6) is 0 Å². The number of hydroxylamine groups is 1. The maximum atomic E-state index is 12.6. The molecule has 0 bridgehead atoms. The summed E-state index contributed by atoms with van der Waals surface area (Å²) in [5.41, 5.74) is 0.330. The molecule has 0 saturated carbocycles. The van der Waals surface area contributed by atoms with Gasteiger partial charge in [-0.05, 0) is 27.7 Å². The largest absolute Gasteiger partial charge is 0.623 e. The first-order valence-corrected chi connectivity index (χ1v) is 6.82. The summed E-state index contributed by atoms with van der Waals surface area (Å²) in [6.45, 7) is 10.5. The van der Waals surface area contributed by atoms with E-state index in [0.717, 1.165) is 4.74 Å². The van der Waals surface area contributed by atoms with Gasteiger partial charge in [-0.15, -0.1) is 0 Å². The summed E-state index contributed by atoms with van der Waals surface area (Å²) >= 11 is 0. The van der Waals surface area contributed by atoms with Gasteiger partial charge in [-0.1, -0.05) is 0 Å². The molecule has 0 aromatic carbocycles. The number of carbonyl (C=O) groups is 1. The minimum absolute atomic E-state index is 0.238. The third kappa shape index (κ3) is 2.00. The topological polar surface area (TPSA) is 75.7 Å². The zero-order chi connectivity index (χ0) is 15.5. The lowest BCUT2D eigenvalue weighted by Gasteiger charge is -2.32.